The Hall–Kier alpha value is 1.70. The molecule has 0 heterocycles. The summed E-state index contributed by atoms with van der Waals surface area (Å²) in [5.41, 5.74) is 0. The molecule has 0 amide bonds. The van der Waals surface area contributed by atoms with Crippen LogP contribution in [0.3, 0.4) is 0 Å². The fourth-order valence-electron chi connectivity index (χ4n) is 0. The standard InChI is InChI=1S/4ClH.Ge.H/h4*1H;;. The summed E-state index contributed by atoms with van der Waals surface area (Å²) in [6.07, 6.45) is 0. The van der Waals surface area contributed by atoms with E-state index in [1.807, 2.05) is 0 Å². The fraction of sp³-hybridized carbons (Fsp3) is 0. The Kier molecular flexibility index (Phi) is 654. The van der Waals surface area contributed by atoms with Gasteiger partial charge in [-0.15, -0.1) is 49.6 Å². The summed E-state index contributed by atoms with van der Waals surface area (Å²) in [6, 6.07) is 0. The monoisotopic (exact) mass is 219 g/mol. The van der Waals surface area contributed by atoms with E-state index in [-0.39, 0.29) is 68.7 Å². The van der Waals surface area contributed by atoms with Gasteiger partial charge in [0.1, 0.15) is 0 Å². The van der Waals surface area contributed by atoms with Crippen LogP contribution in [0, 0.1) is 0 Å². The van der Waals surface area contributed by atoms with Crippen molar-refractivity contribution in [3.63, 3.8) is 0 Å². The summed E-state index contributed by atoms with van der Waals surface area (Å²) in [5.74, 6) is 0. The summed E-state index contributed by atoms with van der Waals surface area (Å²) in [4.78, 5) is 0. The third kappa shape index (κ3) is 27.0. The first-order valence-electron chi connectivity index (χ1n) is 0. The van der Waals surface area contributed by atoms with Gasteiger partial charge in [0, 0.05) is 19.0 Å². The average molecular weight is 219 g/mol. The molecule has 0 aromatic heterocycles. The van der Waals surface area contributed by atoms with Crippen molar-refractivity contribution in [1.29, 1.82) is 0 Å². The van der Waals surface area contributed by atoms with Gasteiger partial charge in [0.25, 0.3) is 0 Å². The first-order chi connectivity index (χ1) is 0. The molecule has 0 aromatic rings. The van der Waals surface area contributed by atoms with Crippen LogP contribution in [-0.2, 0) is 0 Å². The predicted molar refractivity (Wildman–Crippen MR) is 35.9 cm³/mol. The number of hydrogen-bond donors (Lipinski definition) is 0. The smallest absolute Gasteiger partial charge is 0 e. The van der Waals surface area contributed by atoms with Crippen molar-refractivity contribution in [3.8, 4) is 0 Å². The van der Waals surface area contributed by atoms with Gasteiger partial charge in [0.15, 0.2) is 0 Å². The zero-order chi connectivity index (χ0) is 0. The third-order valence-corrected chi connectivity index (χ3v) is 0. The third-order valence-electron chi connectivity index (χ3n) is 0. The Bertz CT molecular complexity index is 7.51. The largest absolute Gasteiger partial charge is 0.147 e. The topological polar surface area (TPSA) is 0 Å². The van der Waals surface area contributed by atoms with Crippen molar-refractivity contribution in [2.75, 3.05) is 0 Å². The second kappa shape index (κ2) is 43.5. The maximum absolute atomic E-state index is 0. The van der Waals surface area contributed by atoms with Crippen molar-refractivity contribution >= 4 is 67.2 Å². The van der Waals surface area contributed by atoms with Crippen LogP contribution < -0.4 is 0 Å². The molecule has 0 aliphatic heterocycles. The molecule has 0 N–H and O–H groups in total. The maximum atomic E-state index is 0. The molecule has 0 unspecified atom stereocenters. The molecule has 0 rings (SSSR count). The molecule has 5 heteroatoms. The van der Waals surface area contributed by atoms with Crippen LogP contribution in [0.25, 0.3) is 0 Å². The summed E-state index contributed by atoms with van der Waals surface area (Å²) in [5, 5.41) is 0. The van der Waals surface area contributed by atoms with Crippen molar-refractivity contribution in [2.45, 2.75) is 0 Å². The quantitative estimate of drug-likeness (QED) is 0.541. The van der Waals surface area contributed by atoms with Crippen molar-refractivity contribution < 1.29 is 1.43 Å². The average Bonchev–Trinajstić information content (AvgIpc) is 0. The van der Waals surface area contributed by atoms with Crippen LogP contribution in [0.15, 0.2) is 0 Å². The van der Waals surface area contributed by atoms with Gasteiger partial charge in [-0.25, -0.2) is 0 Å². The van der Waals surface area contributed by atoms with Crippen LogP contribution in [0.2, 0.25) is 0 Å². The molecule has 0 aliphatic carbocycles. The molecular weight excluding hydrogens is 214 g/mol. The van der Waals surface area contributed by atoms with Gasteiger partial charge in [-0.2, -0.15) is 0 Å². The molecule has 0 atom stereocenters. The minimum Gasteiger partial charge on any atom is -0.147 e. The van der Waals surface area contributed by atoms with E-state index in [1.54, 1.807) is 0 Å². The summed E-state index contributed by atoms with van der Waals surface area (Å²) < 4.78 is 0. The maximum Gasteiger partial charge on any atom is 0 e. The molecule has 0 spiro atoms. The Morgan fingerprint density at radius 3 is 0.600 bits per heavy atom. The number of halogens is 4. The molecular formula is H5Cl4Ge. The Balaban J connectivity index is 0. The molecule has 0 saturated heterocycles. The van der Waals surface area contributed by atoms with E-state index in [2.05, 4.69) is 0 Å². The molecule has 0 nitrogen and oxygen atoms in total. The van der Waals surface area contributed by atoms with Gasteiger partial charge >= 0.3 is 0 Å². The van der Waals surface area contributed by atoms with Gasteiger partial charge in [0.2, 0.25) is 0 Å². The number of hydrogen-bond acceptors (Lipinski definition) is 0. The molecule has 37 valence electrons. The van der Waals surface area contributed by atoms with Gasteiger partial charge in [-0.3, -0.25) is 0 Å². The molecule has 5 radical (unpaired) electrons. The van der Waals surface area contributed by atoms with Gasteiger partial charge < -0.3 is 0 Å². The molecule has 0 fully saturated rings. The molecule has 0 aromatic carbocycles. The van der Waals surface area contributed by atoms with Crippen molar-refractivity contribution in [1.82, 2.24) is 0 Å². The Morgan fingerprint density at radius 1 is 0.600 bits per heavy atom. The normalized spacial score (nSPS) is 0. The van der Waals surface area contributed by atoms with Crippen molar-refractivity contribution in [2.24, 2.45) is 0 Å². The Labute approximate surface area is 68.6 Å². The minimum atomic E-state index is 0. The van der Waals surface area contributed by atoms with E-state index in [9.17, 15) is 0 Å². The zero-order valence-corrected chi connectivity index (χ0v) is 7.50. The molecule has 0 saturated carbocycles. The van der Waals surface area contributed by atoms with Gasteiger partial charge in [-0.05, 0) is 0 Å². The van der Waals surface area contributed by atoms with Crippen LogP contribution >= 0.6 is 49.6 Å². The zero-order valence-electron chi connectivity index (χ0n) is 3.13. The van der Waals surface area contributed by atoms with Crippen molar-refractivity contribution in [3.05, 3.63) is 0 Å². The van der Waals surface area contributed by atoms with Crippen LogP contribution in [0.4, 0.5) is 0 Å². The van der Waals surface area contributed by atoms with E-state index in [0.29, 0.717) is 0 Å². The van der Waals surface area contributed by atoms with E-state index < -0.39 is 0 Å². The van der Waals surface area contributed by atoms with E-state index >= 15 is 0 Å². The first-order valence-corrected chi connectivity index (χ1v) is 0. The van der Waals surface area contributed by atoms with Crippen LogP contribution in [-0.4, -0.2) is 17.6 Å². The molecule has 5 heavy (non-hydrogen) atoms. The van der Waals surface area contributed by atoms with Gasteiger partial charge in [0.05, 0.1) is 0 Å². The summed E-state index contributed by atoms with van der Waals surface area (Å²) >= 11 is 0. The second-order valence-corrected chi connectivity index (χ2v) is 0. The van der Waals surface area contributed by atoms with Crippen LogP contribution in [0.5, 0.6) is 0 Å². The fourth-order valence-corrected chi connectivity index (χ4v) is 0. The van der Waals surface area contributed by atoms with Crippen LogP contribution in [0.1, 0.15) is 1.43 Å². The second-order valence-electron chi connectivity index (χ2n) is 0. The number of rotatable bonds is 0. The minimum absolute atomic E-state index is 0. The Morgan fingerprint density at radius 2 is 0.600 bits per heavy atom. The summed E-state index contributed by atoms with van der Waals surface area (Å²) in [7, 11) is 0. The van der Waals surface area contributed by atoms with Gasteiger partial charge in [-0.1, -0.05) is 0 Å². The molecule has 0 aliphatic rings. The summed E-state index contributed by atoms with van der Waals surface area (Å²) in [6.45, 7) is 0. The predicted octanol–water partition coefficient (Wildman–Crippen LogP) is 1.42. The SMILES string of the molecule is Cl.Cl.Cl.Cl.[Ge].[H]. The van der Waals surface area contributed by atoms with E-state index in [1.165, 1.54) is 0 Å². The molecule has 0 bridgehead atoms. The first kappa shape index (κ1) is 75.2. The van der Waals surface area contributed by atoms with E-state index in [4.69, 9.17) is 0 Å². The van der Waals surface area contributed by atoms with E-state index in [0.717, 1.165) is 0 Å².